The Kier molecular flexibility index (Phi) is 5.03. The van der Waals surface area contributed by atoms with Crippen LogP contribution < -0.4 is 10.6 Å². The molecule has 0 heterocycles. The molecule has 0 spiro atoms. The molecule has 0 unspecified atom stereocenters. The summed E-state index contributed by atoms with van der Waals surface area (Å²) in [6, 6.07) is 0. The lowest BCUT2D eigenvalue weighted by molar-refractivity contribution is -0.130. The van der Waals surface area contributed by atoms with E-state index in [2.05, 4.69) is 10.6 Å². The van der Waals surface area contributed by atoms with Crippen molar-refractivity contribution in [2.75, 3.05) is 34.2 Å². The van der Waals surface area contributed by atoms with Gasteiger partial charge in [0.2, 0.25) is 11.8 Å². The first-order valence-electron chi connectivity index (χ1n) is 3.69. The molecule has 70 valence electrons. The van der Waals surface area contributed by atoms with Crippen molar-refractivity contribution in [1.29, 1.82) is 0 Å². The van der Waals surface area contributed by atoms with Gasteiger partial charge in [-0.15, -0.1) is 0 Å². The SMILES string of the molecule is CNCC(=O)NCC(=O)N(C)C. The summed E-state index contributed by atoms with van der Waals surface area (Å²) in [5, 5.41) is 5.16. The molecule has 0 rings (SSSR count). The summed E-state index contributed by atoms with van der Waals surface area (Å²) < 4.78 is 0. The van der Waals surface area contributed by atoms with Crippen molar-refractivity contribution in [3.8, 4) is 0 Å². The molecule has 0 radical (unpaired) electrons. The van der Waals surface area contributed by atoms with Gasteiger partial charge in [0.25, 0.3) is 0 Å². The zero-order valence-corrected chi connectivity index (χ0v) is 7.68. The number of hydrogen-bond acceptors (Lipinski definition) is 3. The van der Waals surface area contributed by atoms with E-state index >= 15 is 0 Å². The third kappa shape index (κ3) is 4.68. The normalized spacial score (nSPS) is 9.25. The van der Waals surface area contributed by atoms with Gasteiger partial charge in [-0.25, -0.2) is 0 Å². The van der Waals surface area contributed by atoms with Crippen LogP contribution in [0.1, 0.15) is 0 Å². The Morgan fingerprint density at radius 2 is 1.83 bits per heavy atom. The standard InChI is InChI=1S/C7H15N3O2/c1-8-4-6(11)9-5-7(12)10(2)3/h8H,4-5H2,1-3H3,(H,9,11). The van der Waals surface area contributed by atoms with Gasteiger partial charge in [0.1, 0.15) is 0 Å². The Labute approximate surface area is 72.1 Å². The lowest BCUT2D eigenvalue weighted by Crippen LogP contribution is -2.39. The molecule has 0 aliphatic rings. The van der Waals surface area contributed by atoms with Gasteiger partial charge in [-0.1, -0.05) is 0 Å². The van der Waals surface area contributed by atoms with Crippen molar-refractivity contribution in [2.24, 2.45) is 0 Å². The fourth-order valence-corrected chi connectivity index (χ4v) is 0.555. The second-order valence-electron chi connectivity index (χ2n) is 2.60. The number of rotatable bonds is 4. The van der Waals surface area contributed by atoms with Crippen molar-refractivity contribution in [2.45, 2.75) is 0 Å². The van der Waals surface area contributed by atoms with Crippen molar-refractivity contribution < 1.29 is 9.59 Å². The van der Waals surface area contributed by atoms with Crippen LogP contribution in [0.15, 0.2) is 0 Å². The second-order valence-corrected chi connectivity index (χ2v) is 2.60. The molecule has 0 saturated heterocycles. The minimum atomic E-state index is -0.173. The molecule has 2 amide bonds. The van der Waals surface area contributed by atoms with Gasteiger partial charge in [0, 0.05) is 14.1 Å². The van der Waals surface area contributed by atoms with E-state index in [1.165, 1.54) is 4.90 Å². The highest BCUT2D eigenvalue weighted by Gasteiger charge is 2.05. The van der Waals surface area contributed by atoms with Crippen molar-refractivity contribution in [3.05, 3.63) is 0 Å². The smallest absolute Gasteiger partial charge is 0.241 e. The molecule has 0 bridgehead atoms. The second kappa shape index (κ2) is 5.54. The number of likely N-dealkylation sites (N-methyl/N-ethyl adjacent to an activating group) is 2. The molecule has 5 nitrogen and oxygen atoms in total. The number of hydrogen-bond donors (Lipinski definition) is 2. The monoisotopic (exact) mass is 173 g/mol. The summed E-state index contributed by atoms with van der Waals surface area (Å²) in [5.41, 5.74) is 0. The molecule has 0 aromatic rings. The predicted molar refractivity (Wildman–Crippen MR) is 45.6 cm³/mol. The zero-order chi connectivity index (χ0) is 9.56. The third-order valence-corrected chi connectivity index (χ3v) is 1.27. The van der Waals surface area contributed by atoms with Gasteiger partial charge in [-0.3, -0.25) is 9.59 Å². The van der Waals surface area contributed by atoms with Crippen LogP contribution in [-0.4, -0.2) is 50.9 Å². The number of carbonyl (C=O) groups is 2. The molecule has 0 aromatic heterocycles. The number of carbonyl (C=O) groups excluding carboxylic acids is 2. The van der Waals surface area contributed by atoms with E-state index in [4.69, 9.17) is 0 Å². The molecule has 12 heavy (non-hydrogen) atoms. The van der Waals surface area contributed by atoms with Gasteiger partial charge in [0.15, 0.2) is 0 Å². The fourth-order valence-electron chi connectivity index (χ4n) is 0.555. The molecule has 0 aliphatic carbocycles. The van der Waals surface area contributed by atoms with Gasteiger partial charge in [0.05, 0.1) is 13.1 Å². The van der Waals surface area contributed by atoms with E-state index in [-0.39, 0.29) is 24.9 Å². The Balaban J connectivity index is 3.54. The molecular weight excluding hydrogens is 158 g/mol. The summed E-state index contributed by atoms with van der Waals surface area (Å²) in [6.45, 7) is 0.300. The predicted octanol–water partition coefficient (Wildman–Crippen LogP) is -1.59. The third-order valence-electron chi connectivity index (χ3n) is 1.27. The lowest BCUT2D eigenvalue weighted by Gasteiger charge is -2.10. The van der Waals surface area contributed by atoms with Crippen LogP contribution in [0.3, 0.4) is 0 Å². The topological polar surface area (TPSA) is 61.4 Å². The summed E-state index contributed by atoms with van der Waals surface area (Å²) in [7, 11) is 4.96. The van der Waals surface area contributed by atoms with Gasteiger partial charge >= 0.3 is 0 Å². The first kappa shape index (κ1) is 10.9. The fraction of sp³-hybridized carbons (Fsp3) is 0.714. The van der Waals surface area contributed by atoms with Crippen LogP contribution in [-0.2, 0) is 9.59 Å². The average molecular weight is 173 g/mol. The van der Waals surface area contributed by atoms with E-state index in [9.17, 15) is 9.59 Å². The summed E-state index contributed by atoms with van der Waals surface area (Å²) >= 11 is 0. The zero-order valence-electron chi connectivity index (χ0n) is 7.68. The average Bonchev–Trinajstić information content (AvgIpc) is 2.00. The highest BCUT2D eigenvalue weighted by molar-refractivity contribution is 5.85. The van der Waals surface area contributed by atoms with Crippen LogP contribution in [0.25, 0.3) is 0 Å². The van der Waals surface area contributed by atoms with Crippen molar-refractivity contribution >= 4 is 11.8 Å². The lowest BCUT2D eigenvalue weighted by atomic mass is 10.5. The molecular formula is C7H15N3O2. The van der Waals surface area contributed by atoms with E-state index in [0.717, 1.165) is 0 Å². The number of nitrogens with zero attached hydrogens (tertiary/aromatic N) is 1. The molecule has 0 fully saturated rings. The van der Waals surface area contributed by atoms with Crippen molar-refractivity contribution in [3.63, 3.8) is 0 Å². The molecule has 0 aromatic carbocycles. The largest absolute Gasteiger partial charge is 0.347 e. The molecule has 0 aliphatic heterocycles. The van der Waals surface area contributed by atoms with E-state index < -0.39 is 0 Å². The Morgan fingerprint density at radius 1 is 1.25 bits per heavy atom. The summed E-state index contributed by atoms with van der Waals surface area (Å²) in [4.78, 5) is 23.2. The Hall–Kier alpha value is -1.10. The Morgan fingerprint density at radius 3 is 2.25 bits per heavy atom. The minimum absolute atomic E-state index is 0.0630. The number of amides is 2. The molecule has 5 heteroatoms. The maximum absolute atomic E-state index is 10.9. The maximum atomic E-state index is 10.9. The summed E-state index contributed by atoms with van der Waals surface area (Å²) in [6.07, 6.45) is 0. The highest BCUT2D eigenvalue weighted by Crippen LogP contribution is 1.75. The van der Waals surface area contributed by atoms with Gasteiger partial charge in [-0.05, 0) is 7.05 Å². The van der Waals surface area contributed by atoms with E-state index in [0.29, 0.717) is 0 Å². The molecule has 0 saturated carbocycles. The molecule has 0 atom stereocenters. The maximum Gasteiger partial charge on any atom is 0.241 e. The van der Waals surface area contributed by atoms with E-state index in [1.54, 1.807) is 21.1 Å². The van der Waals surface area contributed by atoms with Crippen LogP contribution in [0.5, 0.6) is 0 Å². The van der Waals surface area contributed by atoms with Gasteiger partial charge in [-0.2, -0.15) is 0 Å². The highest BCUT2D eigenvalue weighted by atomic mass is 16.2. The van der Waals surface area contributed by atoms with E-state index in [1.807, 2.05) is 0 Å². The summed E-state index contributed by atoms with van der Waals surface area (Å²) in [5.74, 6) is -0.285. The van der Waals surface area contributed by atoms with Crippen LogP contribution >= 0.6 is 0 Å². The Bertz CT molecular complexity index is 168. The first-order chi connectivity index (χ1) is 5.57. The van der Waals surface area contributed by atoms with Crippen molar-refractivity contribution in [1.82, 2.24) is 15.5 Å². The quantitative estimate of drug-likeness (QED) is 0.539. The number of nitrogens with one attached hydrogen (secondary N) is 2. The van der Waals surface area contributed by atoms with Crippen LogP contribution in [0.2, 0.25) is 0 Å². The van der Waals surface area contributed by atoms with Gasteiger partial charge < -0.3 is 15.5 Å². The van der Waals surface area contributed by atoms with Crippen LogP contribution in [0.4, 0.5) is 0 Å². The molecule has 2 N–H and O–H groups in total. The minimum Gasteiger partial charge on any atom is -0.347 e. The van der Waals surface area contributed by atoms with Crippen LogP contribution in [0, 0.1) is 0 Å². The first-order valence-corrected chi connectivity index (χ1v) is 3.69.